The van der Waals surface area contributed by atoms with Crippen molar-refractivity contribution < 1.29 is 18.0 Å². The second kappa shape index (κ2) is 6.38. The standard InChI is InChI=1S/C13H15F3N2O/c1-2-7-18(9-13(14,15)16)12(19)11-5-3-10(8-17)4-6-11/h2-6H,1,7-9,17H2. The van der Waals surface area contributed by atoms with E-state index in [-0.39, 0.29) is 12.1 Å². The third-order valence-electron chi connectivity index (χ3n) is 2.44. The molecule has 0 unspecified atom stereocenters. The number of nitrogens with two attached hydrogens (primary N) is 1. The van der Waals surface area contributed by atoms with Crippen molar-refractivity contribution >= 4 is 5.91 Å². The van der Waals surface area contributed by atoms with E-state index in [1.54, 1.807) is 12.1 Å². The van der Waals surface area contributed by atoms with Crippen molar-refractivity contribution in [3.8, 4) is 0 Å². The number of halogens is 3. The smallest absolute Gasteiger partial charge is 0.326 e. The molecule has 0 bridgehead atoms. The van der Waals surface area contributed by atoms with Crippen LogP contribution in [-0.4, -0.2) is 30.1 Å². The fourth-order valence-corrected chi connectivity index (χ4v) is 1.56. The molecule has 0 radical (unpaired) electrons. The van der Waals surface area contributed by atoms with Gasteiger partial charge in [0.05, 0.1) is 0 Å². The molecule has 2 N–H and O–H groups in total. The van der Waals surface area contributed by atoms with Gasteiger partial charge in [-0.1, -0.05) is 18.2 Å². The minimum atomic E-state index is -4.43. The lowest BCUT2D eigenvalue weighted by atomic mass is 10.1. The van der Waals surface area contributed by atoms with Gasteiger partial charge in [-0.25, -0.2) is 0 Å². The summed E-state index contributed by atoms with van der Waals surface area (Å²) >= 11 is 0. The summed E-state index contributed by atoms with van der Waals surface area (Å²) in [5.41, 5.74) is 6.41. The highest BCUT2D eigenvalue weighted by atomic mass is 19.4. The van der Waals surface area contributed by atoms with Gasteiger partial charge in [0, 0.05) is 18.7 Å². The van der Waals surface area contributed by atoms with Crippen molar-refractivity contribution in [3.63, 3.8) is 0 Å². The monoisotopic (exact) mass is 272 g/mol. The maximum atomic E-state index is 12.4. The zero-order valence-corrected chi connectivity index (χ0v) is 10.3. The fraction of sp³-hybridized carbons (Fsp3) is 0.308. The lowest BCUT2D eigenvalue weighted by Crippen LogP contribution is -2.39. The molecule has 1 amide bonds. The van der Waals surface area contributed by atoms with Crippen LogP contribution in [0.4, 0.5) is 13.2 Å². The summed E-state index contributed by atoms with van der Waals surface area (Å²) in [5.74, 6) is -0.680. The molecule has 1 aromatic rings. The van der Waals surface area contributed by atoms with E-state index < -0.39 is 18.6 Å². The number of hydrogen-bond donors (Lipinski definition) is 1. The number of rotatable bonds is 5. The van der Waals surface area contributed by atoms with Crippen molar-refractivity contribution in [3.05, 3.63) is 48.0 Å². The molecular formula is C13H15F3N2O. The second-order valence-electron chi connectivity index (χ2n) is 3.99. The summed E-state index contributed by atoms with van der Waals surface area (Å²) in [7, 11) is 0. The minimum Gasteiger partial charge on any atom is -0.326 e. The minimum absolute atomic E-state index is 0.156. The van der Waals surface area contributed by atoms with E-state index >= 15 is 0 Å². The highest BCUT2D eigenvalue weighted by molar-refractivity contribution is 5.94. The Bertz CT molecular complexity index is 440. The summed E-state index contributed by atoms with van der Waals surface area (Å²) in [6.45, 7) is 2.22. The molecule has 3 nitrogen and oxygen atoms in total. The van der Waals surface area contributed by atoms with E-state index in [9.17, 15) is 18.0 Å². The Kier molecular flexibility index (Phi) is 5.11. The van der Waals surface area contributed by atoms with E-state index in [4.69, 9.17) is 5.73 Å². The van der Waals surface area contributed by atoms with Gasteiger partial charge >= 0.3 is 6.18 Å². The second-order valence-corrected chi connectivity index (χ2v) is 3.99. The molecule has 0 spiro atoms. The molecule has 6 heteroatoms. The van der Waals surface area contributed by atoms with Crippen LogP contribution in [0.25, 0.3) is 0 Å². The predicted molar refractivity (Wildman–Crippen MR) is 66.5 cm³/mol. The maximum absolute atomic E-state index is 12.4. The van der Waals surface area contributed by atoms with Gasteiger partial charge in [-0.2, -0.15) is 13.2 Å². The summed E-state index contributed by atoms with van der Waals surface area (Å²) in [6.07, 6.45) is -3.17. The Hall–Kier alpha value is -1.82. The molecule has 0 saturated carbocycles. The Labute approximate surface area is 109 Å². The quantitative estimate of drug-likeness (QED) is 0.836. The van der Waals surface area contributed by atoms with E-state index in [0.29, 0.717) is 11.4 Å². The first-order valence-electron chi connectivity index (χ1n) is 5.63. The third kappa shape index (κ3) is 4.75. The average molecular weight is 272 g/mol. The SMILES string of the molecule is C=CCN(CC(F)(F)F)C(=O)c1ccc(CN)cc1. The van der Waals surface area contributed by atoms with E-state index in [0.717, 1.165) is 5.56 Å². The number of benzene rings is 1. The first-order chi connectivity index (χ1) is 8.87. The van der Waals surface area contributed by atoms with E-state index in [1.807, 2.05) is 0 Å². The van der Waals surface area contributed by atoms with Crippen LogP contribution < -0.4 is 5.73 Å². The van der Waals surface area contributed by atoms with Crippen molar-refractivity contribution in [1.82, 2.24) is 4.90 Å². The van der Waals surface area contributed by atoms with Gasteiger partial charge in [-0.3, -0.25) is 4.79 Å². The van der Waals surface area contributed by atoms with Crippen LogP contribution in [0, 0.1) is 0 Å². The molecule has 1 rings (SSSR count). The number of amides is 1. The van der Waals surface area contributed by atoms with Gasteiger partial charge in [0.2, 0.25) is 0 Å². The number of hydrogen-bond acceptors (Lipinski definition) is 2. The highest BCUT2D eigenvalue weighted by Gasteiger charge is 2.32. The molecule has 19 heavy (non-hydrogen) atoms. The van der Waals surface area contributed by atoms with E-state index in [2.05, 4.69) is 6.58 Å². The first-order valence-corrected chi connectivity index (χ1v) is 5.63. The summed E-state index contributed by atoms with van der Waals surface area (Å²) < 4.78 is 37.1. The Morgan fingerprint density at radius 1 is 1.32 bits per heavy atom. The van der Waals surface area contributed by atoms with Crippen molar-refractivity contribution in [2.75, 3.05) is 13.1 Å². The van der Waals surface area contributed by atoms with Crippen LogP contribution in [0.1, 0.15) is 15.9 Å². The molecule has 0 aliphatic heterocycles. The van der Waals surface area contributed by atoms with Crippen molar-refractivity contribution in [1.29, 1.82) is 0 Å². The van der Waals surface area contributed by atoms with Crippen molar-refractivity contribution in [2.24, 2.45) is 5.73 Å². The Morgan fingerprint density at radius 3 is 2.32 bits per heavy atom. The van der Waals surface area contributed by atoms with Crippen LogP contribution in [0.5, 0.6) is 0 Å². The summed E-state index contributed by atoms with van der Waals surface area (Å²) in [5, 5.41) is 0. The summed E-state index contributed by atoms with van der Waals surface area (Å²) in [6, 6.07) is 6.17. The zero-order chi connectivity index (χ0) is 14.5. The molecule has 1 aromatic carbocycles. The van der Waals surface area contributed by atoms with E-state index in [1.165, 1.54) is 18.2 Å². The summed E-state index contributed by atoms with van der Waals surface area (Å²) in [4.78, 5) is 12.7. The molecule has 0 aliphatic rings. The maximum Gasteiger partial charge on any atom is 0.406 e. The number of carbonyl (C=O) groups is 1. The van der Waals surface area contributed by atoms with Gasteiger partial charge in [-0.15, -0.1) is 6.58 Å². The molecule has 0 aromatic heterocycles. The number of nitrogens with zero attached hydrogens (tertiary/aromatic N) is 1. The third-order valence-corrected chi connectivity index (χ3v) is 2.44. The lowest BCUT2D eigenvalue weighted by molar-refractivity contribution is -0.139. The lowest BCUT2D eigenvalue weighted by Gasteiger charge is -2.22. The van der Waals surface area contributed by atoms with Gasteiger partial charge in [0.1, 0.15) is 6.54 Å². The van der Waals surface area contributed by atoms with Crippen LogP contribution in [0.2, 0.25) is 0 Å². The predicted octanol–water partition coefficient (Wildman–Crippen LogP) is 2.34. The van der Waals surface area contributed by atoms with Gasteiger partial charge in [0.15, 0.2) is 0 Å². The number of alkyl halides is 3. The molecular weight excluding hydrogens is 257 g/mol. The van der Waals surface area contributed by atoms with Crippen LogP contribution in [0.3, 0.4) is 0 Å². The largest absolute Gasteiger partial charge is 0.406 e. The normalized spacial score (nSPS) is 11.2. The Morgan fingerprint density at radius 2 is 1.89 bits per heavy atom. The molecule has 104 valence electrons. The molecule has 0 aliphatic carbocycles. The molecule has 0 saturated heterocycles. The fourth-order valence-electron chi connectivity index (χ4n) is 1.56. The number of carbonyl (C=O) groups excluding carboxylic acids is 1. The zero-order valence-electron chi connectivity index (χ0n) is 10.3. The van der Waals surface area contributed by atoms with Gasteiger partial charge in [0.25, 0.3) is 5.91 Å². The van der Waals surface area contributed by atoms with Crippen LogP contribution >= 0.6 is 0 Å². The Balaban J connectivity index is 2.88. The van der Waals surface area contributed by atoms with Crippen LogP contribution in [0.15, 0.2) is 36.9 Å². The topological polar surface area (TPSA) is 46.3 Å². The molecule has 0 fully saturated rings. The van der Waals surface area contributed by atoms with Gasteiger partial charge < -0.3 is 10.6 Å². The van der Waals surface area contributed by atoms with Crippen LogP contribution in [-0.2, 0) is 6.54 Å². The van der Waals surface area contributed by atoms with Gasteiger partial charge in [-0.05, 0) is 17.7 Å². The molecule has 0 atom stereocenters. The van der Waals surface area contributed by atoms with Crippen molar-refractivity contribution in [2.45, 2.75) is 12.7 Å². The highest BCUT2D eigenvalue weighted by Crippen LogP contribution is 2.18. The first kappa shape index (κ1) is 15.2. The average Bonchev–Trinajstić information content (AvgIpc) is 2.36. The molecule has 0 heterocycles.